The third-order valence-electron chi connectivity index (χ3n) is 5.61. The molecule has 0 unspecified atom stereocenters. The number of methoxy groups -OCH3 is 3. The molecule has 11 heteroatoms. The van der Waals surface area contributed by atoms with Gasteiger partial charge < -0.3 is 19.5 Å². The van der Waals surface area contributed by atoms with Crippen LogP contribution in [-0.4, -0.2) is 41.8 Å². The van der Waals surface area contributed by atoms with Gasteiger partial charge in [0.05, 0.1) is 33.2 Å². The number of benzene rings is 2. The van der Waals surface area contributed by atoms with Crippen molar-refractivity contribution in [3.05, 3.63) is 65.5 Å². The number of alkyl halides is 3. The van der Waals surface area contributed by atoms with E-state index in [1.165, 1.54) is 33.5 Å². The normalized spacial score (nSPS) is 11.4. The largest absolute Gasteiger partial charge is 0.493 e. The zero-order valence-corrected chi connectivity index (χ0v) is 19.9. The van der Waals surface area contributed by atoms with Crippen molar-refractivity contribution in [1.82, 2.24) is 14.6 Å². The molecule has 188 valence electrons. The molecule has 0 radical (unpaired) electrons. The number of halogens is 3. The van der Waals surface area contributed by atoms with Crippen LogP contribution in [0.2, 0.25) is 0 Å². The van der Waals surface area contributed by atoms with Crippen LogP contribution in [0.3, 0.4) is 0 Å². The lowest BCUT2D eigenvalue weighted by Gasteiger charge is -2.15. The van der Waals surface area contributed by atoms with E-state index in [2.05, 4.69) is 15.4 Å². The van der Waals surface area contributed by atoms with Crippen molar-refractivity contribution >= 4 is 17.2 Å². The first-order valence-corrected chi connectivity index (χ1v) is 10.9. The second-order valence-electron chi connectivity index (χ2n) is 7.70. The number of aryl methyl sites for hydroxylation is 1. The third-order valence-corrected chi connectivity index (χ3v) is 5.61. The van der Waals surface area contributed by atoms with Gasteiger partial charge in [0.1, 0.15) is 5.56 Å². The highest BCUT2D eigenvalue weighted by Gasteiger charge is 2.36. The van der Waals surface area contributed by atoms with E-state index in [9.17, 15) is 18.0 Å². The first kappa shape index (κ1) is 24.8. The van der Waals surface area contributed by atoms with E-state index in [4.69, 9.17) is 14.2 Å². The highest BCUT2D eigenvalue weighted by molar-refractivity contribution is 6.08. The molecule has 0 aliphatic carbocycles. The Labute approximate surface area is 204 Å². The summed E-state index contributed by atoms with van der Waals surface area (Å²) in [6.07, 6.45) is -3.04. The van der Waals surface area contributed by atoms with Crippen molar-refractivity contribution in [2.24, 2.45) is 0 Å². The number of rotatable bonds is 7. The van der Waals surface area contributed by atoms with Crippen molar-refractivity contribution in [1.29, 1.82) is 0 Å². The molecule has 0 aliphatic rings. The van der Waals surface area contributed by atoms with Crippen LogP contribution in [0.5, 0.6) is 17.2 Å². The van der Waals surface area contributed by atoms with Crippen LogP contribution in [0.1, 0.15) is 28.5 Å². The maximum Gasteiger partial charge on any atom is 0.433 e. The molecule has 0 saturated carbocycles. The van der Waals surface area contributed by atoms with Gasteiger partial charge in [-0.3, -0.25) is 4.79 Å². The fraction of sp³-hybridized carbons (Fsp3) is 0.240. The lowest BCUT2D eigenvalue weighted by atomic mass is 10.1. The van der Waals surface area contributed by atoms with Crippen LogP contribution in [0.4, 0.5) is 18.9 Å². The Morgan fingerprint density at radius 2 is 1.69 bits per heavy atom. The van der Waals surface area contributed by atoms with Crippen molar-refractivity contribution in [2.75, 3.05) is 26.6 Å². The molecule has 4 rings (SSSR count). The maximum absolute atomic E-state index is 14.0. The Bertz CT molecular complexity index is 1410. The molecular formula is C25H23F3N4O4. The molecule has 0 bridgehead atoms. The number of amides is 1. The minimum atomic E-state index is -4.77. The highest BCUT2D eigenvalue weighted by Crippen LogP contribution is 2.42. The summed E-state index contributed by atoms with van der Waals surface area (Å²) in [6, 6.07) is 11.0. The van der Waals surface area contributed by atoms with Gasteiger partial charge in [0.25, 0.3) is 5.91 Å². The molecular weight excluding hydrogens is 477 g/mol. The van der Waals surface area contributed by atoms with Crippen LogP contribution < -0.4 is 19.5 Å². The Balaban J connectivity index is 1.89. The van der Waals surface area contributed by atoms with Gasteiger partial charge in [0, 0.05) is 11.3 Å². The molecule has 1 amide bonds. The Kier molecular flexibility index (Phi) is 6.73. The second kappa shape index (κ2) is 9.76. The van der Waals surface area contributed by atoms with E-state index in [1.807, 2.05) is 19.1 Å². The number of nitrogens with one attached hydrogen (secondary N) is 1. The van der Waals surface area contributed by atoms with Gasteiger partial charge in [0.2, 0.25) is 5.75 Å². The zero-order valence-electron chi connectivity index (χ0n) is 19.9. The average molecular weight is 500 g/mol. The van der Waals surface area contributed by atoms with E-state index >= 15 is 0 Å². The number of carbonyl (C=O) groups is 1. The standard InChI is InChI=1S/C25H23F3N4O4/c1-5-14-8-6-7-9-17(14)31-24(33)16-13-29-32-21(25(26,27)28)12-18(30-23(16)32)15-10-19(34-2)22(36-4)20(11-15)35-3/h6-13H,5H2,1-4H3,(H,31,33). The maximum atomic E-state index is 14.0. The number of carbonyl (C=O) groups excluding carboxylic acids is 1. The molecule has 2 heterocycles. The number of aromatic nitrogens is 3. The third kappa shape index (κ3) is 4.51. The predicted octanol–water partition coefficient (Wildman–Crippen LogP) is 5.26. The SMILES string of the molecule is CCc1ccccc1NC(=O)c1cnn2c(C(F)(F)F)cc(-c3cc(OC)c(OC)c(OC)c3)nc12. The zero-order chi connectivity index (χ0) is 26.0. The number of para-hydroxylation sites is 1. The first-order valence-electron chi connectivity index (χ1n) is 10.9. The highest BCUT2D eigenvalue weighted by atomic mass is 19.4. The van der Waals surface area contributed by atoms with Crippen molar-refractivity contribution < 1.29 is 32.2 Å². The van der Waals surface area contributed by atoms with E-state index in [0.717, 1.165) is 17.8 Å². The van der Waals surface area contributed by atoms with E-state index in [-0.39, 0.29) is 39.7 Å². The summed E-state index contributed by atoms with van der Waals surface area (Å²) in [5.41, 5.74) is 0.189. The van der Waals surface area contributed by atoms with Gasteiger partial charge in [-0.2, -0.15) is 18.3 Å². The molecule has 4 aromatic rings. The number of nitrogens with zero attached hydrogens (tertiary/aromatic N) is 3. The van der Waals surface area contributed by atoms with Gasteiger partial charge in [0.15, 0.2) is 22.8 Å². The minimum Gasteiger partial charge on any atom is -0.493 e. The Morgan fingerprint density at radius 1 is 1.03 bits per heavy atom. The Morgan fingerprint density at radius 3 is 2.28 bits per heavy atom. The summed E-state index contributed by atoms with van der Waals surface area (Å²) < 4.78 is 58.6. The average Bonchev–Trinajstić information content (AvgIpc) is 3.31. The van der Waals surface area contributed by atoms with Crippen molar-refractivity contribution in [3.8, 4) is 28.5 Å². The first-order chi connectivity index (χ1) is 17.2. The van der Waals surface area contributed by atoms with Crippen LogP contribution in [0.15, 0.2) is 48.7 Å². The summed E-state index contributed by atoms with van der Waals surface area (Å²) in [5.74, 6) is 0.128. The number of anilines is 1. The molecule has 8 nitrogen and oxygen atoms in total. The monoisotopic (exact) mass is 500 g/mol. The van der Waals surface area contributed by atoms with Crippen LogP contribution in [0.25, 0.3) is 16.9 Å². The van der Waals surface area contributed by atoms with Gasteiger partial charge in [-0.15, -0.1) is 0 Å². The number of hydrogen-bond acceptors (Lipinski definition) is 6. The van der Waals surface area contributed by atoms with Gasteiger partial charge in [-0.25, -0.2) is 9.50 Å². The lowest BCUT2D eigenvalue weighted by molar-refractivity contribution is -0.142. The number of hydrogen-bond donors (Lipinski definition) is 1. The summed E-state index contributed by atoms with van der Waals surface area (Å²) in [6.45, 7) is 1.93. The van der Waals surface area contributed by atoms with Gasteiger partial charge >= 0.3 is 6.18 Å². The van der Waals surface area contributed by atoms with E-state index < -0.39 is 17.8 Å². The quantitative estimate of drug-likeness (QED) is 0.373. The summed E-state index contributed by atoms with van der Waals surface area (Å²) in [7, 11) is 4.21. The smallest absolute Gasteiger partial charge is 0.433 e. The van der Waals surface area contributed by atoms with Crippen LogP contribution in [-0.2, 0) is 12.6 Å². The molecule has 1 N–H and O–H groups in total. The molecule has 0 aliphatic heterocycles. The molecule has 0 atom stereocenters. The fourth-order valence-corrected chi connectivity index (χ4v) is 3.84. The molecule has 0 spiro atoms. The predicted molar refractivity (Wildman–Crippen MR) is 127 cm³/mol. The molecule has 0 fully saturated rings. The molecule has 36 heavy (non-hydrogen) atoms. The number of ether oxygens (including phenoxy) is 3. The second-order valence-corrected chi connectivity index (χ2v) is 7.70. The minimum absolute atomic E-state index is 0.0578. The van der Waals surface area contributed by atoms with Crippen molar-refractivity contribution in [2.45, 2.75) is 19.5 Å². The lowest BCUT2D eigenvalue weighted by Crippen LogP contribution is -2.16. The number of fused-ring (bicyclic) bond motifs is 1. The molecule has 2 aromatic carbocycles. The molecule has 2 aromatic heterocycles. The summed E-state index contributed by atoms with van der Waals surface area (Å²) in [5, 5.41) is 6.58. The fourth-order valence-electron chi connectivity index (χ4n) is 3.84. The Hall–Kier alpha value is -4.28. The summed E-state index contributed by atoms with van der Waals surface area (Å²) in [4.78, 5) is 17.5. The summed E-state index contributed by atoms with van der Waals surface area (Å²) >= 11 is 0. The van der Waals surface area contributed by atoms with Gasteiger partial charge in [-0.1, -0.05) is 25.1 Å². The molecule has 0 saturated heterocycles. The van der Waals surface area contributed by atoms with E-state index in [0.29, 0.717) is 16.6 Å². The van der Waals surface area contributed by atoms with Crippen molar-refractivity contribution in [3.63, 3.8) is 0 Å². The van der Waals surface area contributed by atoms with Crippen LogP contribution in [0, 0.1) is 0 Å². The van der Waals surface area contributed by atoms with Gasteiger partial charge in [-0.05, 0) is 36.2 Å². The topological polar surface area (TPSA) is 87.0 Å². The van der Waals surface area contributed by atoms with E-state index in [1.54, 1.807) is 12.1 Å². The van der Waals surface area contributed by atoms with Crippen LogP contribution >= 0.6 is 0 Å².